The Labute approximate surface area is 148 Å². The summed E-state index contributed by atoms with van der Waals surface area (Å²) < 4.78 is 0. The molecule has 2 aromatic carbocycles. The van der Waals surface area contributed by atoms with Crippen LogP contribution in [0.1, 0.15) is 30.0 Å². The number of para-hydroxylation sites is 1. The third kappa shape index (κ3) is 4.83. The molecule has 0 spiro atoms. The molecule has 0 aliphatic rings. The average Bonchev–Trinajstić information content (AvgIpc) is 2.59. The van der Waals surface area contributed by atoms with Crippen LogP contribution in [0.3, 0.4) is 0 Å². The highest BCUT2D eigenvalue weighted by molar-refractivity contribution is 5.96. The molecule has 0 aliphatic heterocycles. The molecule has 2 rings (SSSR count). The van der Waals surface area contributed by atoms with Gasteiger partial charge in [-0.25, -0.2) is 0 Å². The molecule has 132 valence electrons. The molecule has 0 bridgehead atoms. The van der Waals surface area contributed by atoms with Gasteiger partial charge in [0.2, 0.25) is 11.8 Å². The number of amides is 2. The quantitative estimate of drug-likeness (QED) is 0.745. The van der Waals surface area contributed by atoms with Crippen LogP contribution in [-0.4, -0.2) is 18.4 Å². The van der Waals surface area contributed by atoms with Crippen LogP contribution >= 0.6 is 0 Å². The summed E-state index contributed by atoms with van der Waals surface area (Å²) in [4.78, 5) is 23.8. The zero-order valence-electron chi connectivity index (χ0n) is 15.2. The van der Waals surface area contributed by atoms with Gasteiger partial charge >= 0.3 is 0 Å². The lowest BCUT2D eigenvalue weighted by Gasteiger charge is -2.15. The summed E-state index contributed by atoms with van der Waals surface area (Å²) in [6, 6.07) is 11.5. The first-order chi connectivity index (χ1) is 11.9. The van der Waals surface area contributed by atoms with Crippen LogP contribution in [0.4, 0.5) is 17.1 Å². The molecule has 2 aromatic rings. The molecule has 0 unspecified atom stereocenters. The fourth-order valence-corrected chi connectivity index (χ4v) is 2.57. The van der Waals surface area contributed by atoms with Crippen molar-refractivity contribution in [1.29, 1.82) is 0 Å². The van der Waals surface area contributed by atoms with Crippen LogP contribution in [0, 0.1) is 20.8 Å². The van der Waals surface area contributed by atoms with Crippen LogP contribution < -0.4 is 16.0 Å². The standard InChI is InChI=1S/C20H25N3O2/c1-5-18(24)22-17-11-7-10-16(15(17)4)21-12-19(25)23-20-13(2)8-6-9-14(20)3/h6-11,21H,5,12H2,1-4H3,(H,22,24)(H,23,25). The fourth-order valence-electron chi connectivity index (χ4n) is 2.57. The number of hydrogen-bond donors (Lipinski definition) is 3. The highest BCUT2D eigenvalue weighted by Crippen LogP contribution is 2.23. The first-order valence-corrected chi connectivity index (χ1v) is 8.41. The Kier molecular flexibility index (Phi) is 6.17. The second-order valence-electron chi connectivity index (χ2n) is 6.05. The van der Waals surface area contributed by atoms with E-state index in [1.54, 1.807) is 0 Å². The molecule has 3 N–H and O–H groups in total. The van der Waals surface area contributed by atoms with Crippen LogP contribution in [0.5, 0.6) is 0 Å². The Balaban J connectivity index is 2.02. The van der Waals surface area contributed by atoms with Crippen molar-refractivity contribution in [2.45, 2.75) is 34.1 Å². The van der Waals surface area contributed by atoms with E-state index in [9.17, 15) is 9.59 Å². The molecule has 0 saturated heterocycles. The molecule has 0 aliphatic carbocycles. The monoisotopic (exact) mass is 339 g/mol. The summed E-state index contributed by atoms with van der Waals surface area (Å²) in [5, 5.41) is 8.96. The maximum absolute atomic E-state index is 12.3. The summed E-state index contributed by atoms with van der Waals surface area (Å²) >= 11 is 0. The van der Waals surface area contributed by atoms with Gasteiger partial charge in [0.05, 0.1) is 6.54 Å². The van der Waals surface area contributed by atoms with Crippen LogP contribution in [0.2, 0.25) is 0 Å². The van der Waals surface area contributed by atoms with Gasteiger partial charge in [0.15, 0.2) is 0 Å². The van der Waals surface area contributed by atoms with Gasteiger partial charge in [0, 0.05) is 23.5 Å². The fraction of sp³-hybridized carbons (Fsp3) is 0.300. The highest BCUT2D eigenvalue weighted by atomic mass is 16.2. The third-order valence-electron chi connectivity index (χ3n) is 4.11. The van der Waals surface area contributed by atoms with E-state index in [0.29, 0.717) is 6.42 Å². The summed E-state index contributed by atoms with van der Waals surface area (Å²) in [5.41, 5.74) is 5.42. The van der Waals surface area contributed by atoms with Gasteiger partial charge in [0.25, 0.3) is 0 Å². The van der Waals surface area contributed by atoms with E-state index >= 15 is 0 Å². The Morgan fingerprint density at radius 1 is 0.840 bits per heavy atom. The van der Waals surface area contributed by atoms with Crippen LogP contribution in [0.25, 0.3) is 0 Å². The minimum absolute atomic E-state index is 0.0342. The van der Waals surface area contributed by atoms with Gasteiger partial charge in [-0.15, -0.1) is 0 Å². The van der Waals surface area contributed by atoms with Crippen LogP contribution in [0.15, 0.2) is 36.4 Å². The summed E-state index contributed by atoms with van der Waals surface area (Å²) in [6.45, 7) is 7.82. The molecular weight excluding hydrogens is 314 g/mol. The predicted octanol–water partition coefficient (Wildman–Crippen LogP) is 4.01. The summed E-state index contributed by atoms with van der Waals surface area (Å²) in [7, 11) is 0. The molecule has 0 radical (unpaired) electrons. The number of anilines is 3. The van der Waals surface area contributed by atoms with Crippen LogP contribution in [-0.2, 0) is 9.59 Å². The summed E-state index contributed by atoms with van der Waals surface area (Å²) in [6.07, 6.45) is 0.426. The first kappa shape index (κ1) is 18.5. The molecule has 0 saturated carbocycles. The Hall–Kier alpha value is -2.82. The Morgan fingerprint density at radius 2 is 1.44 bits per heavy atom. The molecule has 2 amide bonds. The van der Waals surface area contributed by atoms with Crippen molar-refractivity contribution < 1.29 is 9.59 Å². The van der Waals surface area contributed by atoms with Crippen molar-refractivity contribution in [3.8, 4) is 0 Å². The molecule has 25 heavy (non-hydrogen) atoms. The second-order valence-corrected chi connectivity index (χ2v) is 6.05. The molecule has 0 atom stereocenters. The molecule has 0 heterocycles. The van der Waals surface area contributed by atoms with Crippen molar-refractivity contribution in [3.05, 3.63) is 53.1 Å². The number of carbonyl (C=O) groups excluding carboxylic acids is 2. The van der Waals surface area contributed by atoms with Crippen molar-refractivity contribution in [1.82, 2.24) is 0 Å². The topological polar surface area (TPSA) is 70.2 Å². The minimum Gasteiger partial charge on any atom is -0.376 e. The van der Waals surface area contributed by atoms with Crippen molar-refractivity contribution in [2.75, 3.05) is 22.5 Å². The molecule has 5 heteroatoms. The maximum atomic E-state index is 12.3. The Bertz CT molecular complexity index is 764. The zero-order chi connectivity index (χ0) is 18.4. The minimum atomic E-state index is -0.111. The predicted molar refractivity (Wildman–Crippen MR) is 103 cm³/mol. The van der Waals surface area contributed by atoms with Gasteiger partial charge in [-0.05, 0) is 49.6 Å². The maximum Gasteiger partial charge on any atom is 0.243 e. The van der Waals surface area contributed by atoms with Gasteiger partial charge in [0.1, 0.15) is 0 Å². The van der Waals surface area contributed by atoms with Crippen molar-refractivity contribution in [2.24, 2.45) is 0 Å². The van der Waals surface area contributed by atoms with Gasteiger partial charge < -0.3 is 16.0 Å². The van der Waals surface area contributed by atoms with Gasteiger partial charge in [-0.2, -0.15) is 0 Å². The lowest BCUT2D eigenvalue weighted by Crippen LogP contribution is -2.23. The van der Waals surface area contributed by atoms with E-state index < -0.39 is 0 Å². The average molecular weight is 339 g/mol. The Morgan fingerprint density at radius 3 is 2.08 bits per heavy atom. The number of aryl methyl sites for hydroxylation is 2. The van der Waals surface area contributed by atoms with E-state index in [4.69, 9.17) is 0 Å². The number of hydrogen-bond acceptors (Lipinski definition) is 3. The summed E-state index contributed by atoms with van der Waals surface area (Å²) in [5.74, 6) is -0.146. The third-order valence-corrected chi connectivity index (χ3v) is 4.11. The van der Waals surface area contributed by atoms with Crippen molar-refractivity contribution >= 4 is 28.9 Å². The van der Waals surface area contributed by atoms with Gasteiger partial charge in [-0.3, -0.25) is 9.59 Å². The highest BCUT2D eigenvalue weighted by Gasteiger charge is 2.10. The molecule has 5 nitrogen and oxygen atoms in total. The first-order valence-electron chi connectivity index (χ1n) is 8.41. The lowest BCUT2D eigenvalue weighted by atomic mass is 10.1. The molecule has 0 fully saturated rings. The van der Waals surface area contributed by atoms with E-state index in [1.807, 2.05) is 64.1 Å². The normalized spacial score (nSPS) is 10.2. The number of nitrogens with one attached hydrogen (secondary N) is 3. The van der Waals surface area contributed by atoms with E-state index in [2.05, 4.69) is 16.0 Å². The number of benzene rings is 2. The van der Waals surface area contributed by atoms with E-state index in [1.165, 1.54) is 0 Å². The smallest absolute Gasteiger partial charge is 0.243 e. The zero-order valence-corrected chi connectivity index (χ0v) is 15.2. The SMILES string of the molecule is CCC(=O)Nc1cccc(NCC(=O)Nc2c(C)cccc2C)c1C. The number of carbonyl (C=O) groups is 2. The lowest BCUT2D eigenvalue weighted by molar-refractivity contribution is -0.116. The largest absolute Gasteiger partial charge is 0.376 e. The van der Waals surface area contributed by atoms with E-state index in [-0.39, 0.29) is 18.4 Å². The molecular formula is C20H25N3O2. The molecule has 0 aromatic heterocycles. The van der Waals surface area contributed by atoms with E-state index in [0.717, 1.165) is 33.8 Å². The van der Waals surface area contributed by atoms with Crippen molar-refractivity contribution in [3.63, 3.8) is 0 Å². The number of rotatable bonds is 6. The second kappa shape index (κ2) is 8.33. The van der Waals surface area contributed by atoms with Gasteiger partial charge in [-0.1, -0.05) is 31.2 Å².